The Bertz CT molecular complexity index is 161. The molecule has 0 aliphatic heterocycles. The van der Waals surface area contributed by atoms with Crippen LogP contribution in [0.2, 0.25) is 0 Å². The molecule has 0 unspecified atom stereocenters. The van der Waals surface area contributed by atoms with E-state index in [-0.39, 0.29) is 5.41 Å². The molecule has 0 fully saturated rings. The number of rotatable bonds is 1. The van der Waals surface area contributed by atoms with Crippen LogP contribution in [0, 0.1) is 17.3 Å². The van der Waals surface area contributed by atoms with Gasteiger partial charge in [-0.15, -0.1) is 0 Å². The summed E-state index contributed by atoms with van der Waals surface area (Å²) in [4.78, 5) is 0. The molecule has 0 aromatic carbocycles. The standard InChI is InChI=1S/C9H15N/c1-9(2,3)7-5-4-6-8-10/h4,6H,8,10H2,1-3H3. The maximum atomic E-state index is 5.22. The first-order valence-electron chi connectivity index (χ1n) is 3.44. The third-order valence-corrected chi connectivity index (χ3v) is 0.784. The summed E-state index contributed by atoms with van der Waals surface area (Å²) in [7, 11) is 0. The van der Waals surface area contributed by atoms with E-state index in [0.717, 1.165) is 0 Å². The minimum Gasteiger partial charge on any atom is -0.327 e. The Morgan fingerprint density at radius 1 is 1.40 bits per heavy atom. The van der Waals surface area contributed by atoms with Crippen LogP contribution in [0.15, 0.2) is 12.2 Å². The quantitative estimate of drug-likeness (QED) is 0.545. The highest BCUT2D eigenvalue weighted by Gasteiger charge is 2.01. The normalized spacial score (nSPS) is 11.2. The second-order valence-corrected chi connectivity index (χ2v) is 3.16. The van der Waals surface area contributed by atoms with Gasteiger partial charge in [0.1, 0.15) is 0 Å². The van der Waals surface area contributed by atoms with Gasteiger partial charge in [-0.05, 0) is 26.8 Å². The van der Waals surface area contributed by atoms with Gasteiger partial charge in [-0.2, -0.15) is 0 Å². The summed E-state index contributed by atoms with van der Waals surface area (Å²) < 4.78 is 0. The Morgan fingerprint density at radius 3 is 2.40 bits per heavy atom. The van der Waals surface area contributed by atoms with Crippen LogP contribution in [0.3, 0.4) is 0 Å². The molecule has 0 aromatic heterocycles. The van der Waals surface area contributed by atoms with E-state index < -0.39 is 0 Å². The molecule has 1 nitrogen and oxygen atoms in total. The van der Waals surface area contributed by atoms with E-state index in [1.54, 1.807) is 6.08 Å². The molecule has 0 saturated heterocycles. The van der Waals surface area contributed by atoms with E-state index in [4.69, 9.17) is 5.73 Å². The molecule has 0 saturated carbocycles. The van der Waals surface area contributed by atoms with Crippen molar-refractivity contribution in [2.75, 3.05) is 6.54 Å². The molecule has 0 amide bonds. The molecule has 0 bridgehead atoms. The largest absolute Gasteiger partial charge is 0.327 e. The third kappa shape index (κ3) is 7.26. The van der Waals surface area contributed by atoms with Gasteiger partial charge in [0.2, 0.25) is 0 Å². The molecule has 0 spiro atoms. The molecule has 0 atom stereocenters. The van der Waals surface area contributed by atoms with Crippen molar-refractivity contribution in [3.63, 3.8) is 0 Å². The third-order valence-electron chi connectivity index (χ3n) is 0.784. The first kappa shape index (κ1) is 9.26. The van der Waals surface area contributed by atoms with Crippen LogP contribution in [0.4, 0.5) is 0 Å². The lowest BCUT2D eigenvalue weighted by atomic mass is 9.98. The summed E-state index contributed by atoms with van der Waals surface area (Å²) in [5.74, 6) is 5.98. The maximum Gasteiger partial charge on any atom is 0.0233 e. The van der Waals surface area contributed by atoms with Gasteiger partial charge in [0.15, 0.2) is 0 Å². The Balaban J connectivity index is 3.81. The van der Waals surface area contributed by atoms with Gasteiger partial charge in [0, 0.05) is 12.0 Å². The second kappa shape index (κ2) is 4.14. The van der Waals surface area contributed by atoms with Crippen LogP contribution in [-0.2, 0) is 0 Å². The maximum absolute atomic E-state index is 5.22. The van der Waals surface area contributed by atoms with Crippen LogP contribution < -0.4 is 5.73 Å². The summed E-state index contributed by atoms with van der Waals surface area (Å²) in [6, 6.07) is 0. The number of nitrogens with two attached hydrogens (primary N) is 1. The van der Waals surface area contributed by atoms with Crippen molar-refractivity contribution in [3.8, 4) is 11.8 Å². The summed E-state index contributed by atoms with van der Waals surface area (Å²) in [6.07, 6.45) is 3.64. The summed E-state index contributed by atoms with van der Waals surface area (Å²) >= 11 is 0. The molecular formula is C9H15N. The summed E-state index contributed by atoms with van der Waals surface area (Å²) in [6.45, 7) is 6.81. The Kier molecular flexibility index (Phi) is 3.83. The lowest BCUT2D eigenvalue weighted by Gasteiger charge is -2.05. The van der Waals surface area contributed by atoms with E-state index in [0.29, 0.717) is 6.54 Å². The first-order chi connectivity index (χ1) is 4.56. The number of hydrogen-bond donors (Lipinski definition) is 1. The van der Waals surface area contributed by atoms with Crippen molar-refractivity contribution < 1.29 is 0 Å². The molecule has 0 heterocycles. The highest BCUT2D eigenvalue weighted by molar-refractivity contribution is 5.18. The fourth-order valence-corrected chi connectivity index (χ4v) is 0.385. The smallest absolute Gasteiger partial charge is 0.0233 e. The van der Waals surface area contributed by atoms with Crippen molar-refractivity contribution in [1.29, 1.82) is 0 Å². The zero-order chi connectivity index (χ0) is 8.04. The predicted octanol–water partition coefficient (Wildman–Crippen LogP) is 1.55. The Labute approximate surface area is 63.3 Å². The average Bonchev–Trinajstić information content (AvgIpc) is 1.78. The molecule has 0 rings (SSSR count). The van der Waals surface area contributed by atoms with Gasteiger partial charge < -0.3 is 5.73 Å². The molecule has 1 heteroatoms. The van der Waals surface area contributed by atoms with Crippen LogP contribution in [0.5, 0.6) is 0 Å². The van der Waals surface area contributed by atoms with Crippen molar-refractivity contribution in [2.24, 2.45) is 11.1 Å². The van der Waals surface area contributed by atoms with Crippen molar-refractivity contribution in [1.82, 2.24) is 0 Å². The van der Waals surface area contributed by atoms with E-state index >= 15 is 0 Å². The number of hydrogen-bond acceptors (Lipinski definition) is 1. The highest BCUT2D eigenvalue weighted by atomic mass is 14.5. The molecule has 0 aliphatic carbocycles. The lowest BCUT2D eigenvalue weighted by molar-refractivity contribution is 0.571. The van der Waals surface area contributed by atoms with Gasteiger partial charge in [-0.1, -0.05) is 17.9 Å². The molecule has 0 aromatic rings. The molecular weight excluding hydrogens is 122 g/mol. The van der Waals surface area contributed by atoms with Gasteiger partial charge in [0.05, 0.1) is 0 Å². The van der Waals surface area contributed by atoms with E-state index in [2.05, 4.69) is 32.6 Å². The summed E-state index contributed by atoms with van der Waals surface area (Å²) in [5, 5.41) is 0. The van der Waals surface area contributed by atoms with Crippen molar-refractivity contribution in [3.05, 3.63) is 12.2 Å². The predicted molar refractivity (Wildman–Crippen MR) is 45.4 cm³/mol. The molecule has 0 radical (unpaired) electrons. The fraction of sp³-hybridized carbons (Fsp3) is 0.556. The summed E-state index contributed by atoms with van der Waals surface area (Å²) in [5.41, 5.74) is 5.32. The number of allylic oxidation sites excluding steroid dienone is 1. The van der Waals surface area contributed by atoms with Gasteiger partial charge >= 0.3 is 0 Å². The Hall–Kier alpha value is -0.740. The SMILES string of the molecule is CC(C)(C)C#CC=CCN. The van der Waals surface area contributed by atoms with E-state index in [9.17, 15) is 0 Å². The minimum absolute atomic E-state index is 0.0962. The van der Waals surface area contributed by atoms with Gasteiger partial charge in [-0.25, -0.2) is 0 Å². The fourth-order valence-electron chi connectivity index (χ4n) is 0.385. The van der Waals surface area contributed by atoms with Crippen molar-refractivity contribution >= 4 is 0 Å². The van der Waals surface area contributed by atoms with Crippen LogP contribution >= 0.6 is 0 Å². The average molecular weight is 137 g/mol. The lowest BCUT2D eigenvalue weighted by Crippen LogP contribution is -1.98. The monoisotopic (exact) mass is 137 g/mol. The minimum atomic E-state index is 0.0962. The molecule has 56 valence electrons. The second-order valence-electron chi connectivity index (χ2n) is 3.16. The topological polar surface area (TPSA) is 26.0 Å². The van der Waals surface area contributed by atoms with Crippen LogP contribution in [-0.4, -0.2) is 6.54 Å². The van der Waals surface area contributed by atoms with Crippen LogP contribution in [0.25, 0.3) is 0 Å². The molecule has 10 heavy (non-hydrogen) atoms. The van der Waals surface area contributed by atoms with Crippen molar-refractivity contribution in [2.45, 2.75) is 20.8 Å². The van der Waals surface area contributed by atoms with Gasteiger partial charge in [-0.3, -0.25) is 0 Å². The molecule has 0 aliphatic rings. The van der Waals surface area contributed by atoms with E-state index in [1.165, 1.54) is 0 Å². The Morgan fingerprint density at radius 2 is 2.00 bits per heavy atom. The van der Waals surface area contributed by atoms with Crippen LogP contribution in [0.1, 0.15) is 20.8 Å². The molecule has 2 N–H and O–H groups in total. The highest BCUT2D eigenvalue weighted by Crippen LogP contribution is 2.09. The van der Waals surface area contributed by atoms with E-state index in [1.807, 2.05) is 6.08 Å². The van der Waals surface area contributed by atoms with Gasteiger partial charge in [0.25, 0.3) is 0 Å². The first-order valence-corrected chi connectivity index (χ1v) is 3.44. The zero-order valence-electron chi connectivity index (χ0n) is 6.94. The zero-order valence-corrected chi connectivity index (χ0v) is 6.94.